The van der Waals surface area contributed by atoms with E-state index in [-0.39, 0.29) is 18.2 Å². The first-order valence-electron chi connectivity index (χ1n) is 8.96. The fourth-order valence-corrected chi connectivity index (χ4v) is 3.06. The van der Waals surface area contributed by atoms with Gasteiger partial charge in [-0.15, -0.1) is 0 Å². The van der Waals surface area contributed by atoms with E-state index in [4.69, 9.17) is 9.84 Å². The molecule has 1 unspecified atom stereocenters. The van der Waals surface area contributed by atoms with Crippen LogP contribution in [0, 0.1) is 5.92 Å². The maximum Gasteiger partial charge on any atom is 0.416 e. The summed E-state index contributed by atoms with van der Waals surface area (Å²) in [7, 11) is 0. The Balaban J connectivity index is 1.57. The lowest BCUT2D eigenvalue weighted by Crippen LogP contribution is -2.43. The molecule has 0 aliphatic carbocycles. The van der Waals surface area contributed by atoms with Crippen molar-refractivity contribution >= 4 is 17.7 Å². The summed E-state index contributed by atoms with van der Waals surface area (Å²) in [6, 6.07) is 10.7. The second-order valence-corrected chi connectivity index (χ2v) is 6.71. The Morgan fingerprint density at radius 3 is 2.17 bits per heavy atom. The summed E-state index contributed by atoms with van der Waals surface area (Å²) in [4.78, 5) is 24.7. The van der Waals surface area contributed by atoms with Gasteiger partial charge in [0, 0.05) is 18.8 Å². The Bertz CT molecular complexity index is 867. The van der Waals surface area contributed by atoms with E-state index in [1.807, 2.05) is 0 Å². The number of amides is 2. The molecule has 0 aromatic heterocycles. The van der Waals surface area contributed by atoms with Gasteiger partial charge in [0.25, 0.3) is 0 Å². The molecule has 0 spiro atoms. The third-order valence-corrected chi connectivity index (χ3v) is 4.60. The number of hydrogen-bond donors (Lipinski definition) is 2. The molecule has 29 heavy (non-hydrogen) atoms. The van der Waals surface area contributed by atoms with Crippen LogP contribution in [0.5, 0.6) is 11.5 Å². The van der Waals surface area contributed by atoms with Gasteiger partial charge in [-0.05, 0) is 61.4 Å². The summed E-state index contributed by atoms with van der Waals surface area (Å²) >= 11 is 0. The lowest BCUT2D eigenvalue weighted by atomic mass is 9.97. The number of ether oxygens (including phenoxy) is 1. The largest absolute Gasteiger partial charge is 0.465 e. The highest BCUT2D eigenvalue weighted by atomic mass is 19.4. The zero-order chi connectivity index (χ0) is 21.0. The number of alkyl halides is 3. The van der Waals surface area contributed by atoms with Crippen molar-refractivity contribution in [2.75, 3.05) is 18.4 Å². The minimum absolute atomic E-state index is 0.163. The van der Waals surface area contributed by atoms with Gasteiger partial charge in [0.2, 0.25) is 5.91 Å². The van der Waals surface area contributed by atoms with Crippen LogP contribution in [0.3, 0.4) is 0 Å². The number of nitrogens with one attached hydrogen (secondary N) is 1. The summed E-state index contributed by atoms with van der Waals surface area (Å²) in [5.74, 6) is -0.0153. The zero-order valence-electron chi connectivity index (χ0n) is 15.3. The van der Waals surface area contributed by atoms with E-state index in [0.29, 0.717) is 30.8 Å². The molecule has 2 aromatic carbocycles. The molecule has 0 radical (unpaired) electrons. The van der Waals surface area contributed by atoms with Gasteiger partial charge in [0.15, 0.2) is 0 Å². The molecule has 1 heterocycles. The number of carboxylic acid groups (broad SMARTS) is 1. The predicted molar refractivity (Wildman–Crippen MR) is 98.9 cm³/mol. The van der Waals surface area contributed by atoms with Gasteiger partial charge in [0.1, 0.15) is 11.5 Å². The first-order valence-corrected chi connectivity index (χ1v) is 8.96. The molecular formula is C20H19F3N2O4. The fourth-order valence-electron chi connectivity index (χ4n) is 3.06. The van der Waals surface area contributed by atoms with Gasteiger partial charge in [-0.2, -0.15) is 13.2 Å². The summed E-state index contributed by atoms with van der Waals surface area (Å²) in [5.41, 5.74) is -0.241. The quantitative estimate of drug-likeness (QED) is 0.760. The molecule has 1 fully saturated rings. The first kappa shape index (κ1) is 20.5. The van der Waals surface area contributed by atoms with E-state index in [2.05, 4.69) is 5.32 Å². The molecule has 2 amide bonds. The first-order chi connectivity index (χ1) is 13.7. The molecule has 3 rings (SSSR count). The molecule has 2 aromatic rings. The number of likely N-dealkylation sites (tertiary alicyclic amines) is 1. The van der Waals surface area contributed by atoms with Crippen LogP contribution < -0.4 is 10.1 Å². The number of anilines is 1. The number of rotatable bonds is 4. The molecular weight excluding hydrogens is 389 g/mol. The summed E-state index contributed by atoms with van der Waals surface area (Å²) in [5, 5.41) is 11.8. The maximum atomic E-state index is 12.6. The topological polar surface area (TPSA) is 78.9 Å². The van der Waals surface area contributed by atoms with Gasteiger partial charge in [-0.1, -0.05) is 0 Å². The predicted octanol–water partition coefficient (Wildman–Crippen LogP) is 4.83. The van der Waals surface area contributed by atoms with Gasteiger partial charge >= 0.3 is 12.3 Å². The van der Waals surface area contributed by atoms with E-state index in [1.54, 1.807) is 24.3 Å². The molecule has 2 N–H and O–H groups in total. The average Bonchev–Trinajstić information content (AvgIpc) is 2.69. The Morgan fingerprint density at radius 2 is 1.62 bits per heavy atom. The van der Waals surface area contributed by atoms with E-state index in [0.717, 1.165) is 12.1 Å². The van der Waals surface area contributed by atoms with Crippen LogP contribution in [-0.4, -0.2) is 35.1 Å². The molecule has 0 bridgehead atoms. The van der Waals surface area contributed by atoms with Gasteiger partial charge in [-0.3, -0.25) is 4.79 Å². The van der Waals surface area contributed by atoms with E-state index in [9.17, 15) is 22.8 Å². The number of piperidine rings is 1. The highest BCUT2D eigenvalue weighted by molar-refractivity contribution is 5.93. The smallest absolute Gasteiger partial charge is 0.416 e. The number of carbonyl (C=O) groups excluding carboxylic acids is 1. The molecule has 9 heteroatoms. The molecule has 1 saturated heterocycles. The van der Waals surface area contributed by atoms with Crippen molar-refractivity contribution in [3.63, 3.8) is 0 Å². The zero-order valence-corrected chi connectivity index (χ0v) is 15.3. The Morgan fingerprint density at radius 1 is 1.03 bits per heavy atom. The van der Waals surface area contributed by atoms with Crippen LogP contribution in [0.15, 0.2) is 48.5 Å². The van der Waals surface area contributed by atoms with E-state index < -0.39 is 23.8 Å². The van der Waals surface area contributed by atoms with E-state index in [1.165, 1.54) is 17.0 Å². The van der Waals surface area contributed by atoms with Crippen LogP contribution in [0.25, 0.3) is 0 Å². The Hall–Kier alpha value is -3.23. The van der Waals surface area contributed by atoms with Crippen molar-refractivity contribution in [3.8, 4) is 11.5 Å². The standard InChI is InChI=1S/C20H19F3N2O4/c21-20(22,23)14-3-7-16(8-4-14)29-17-9-5-15(6-10-17)24-18(26)13-2-1-11-25(12-13)19(27)28/h3-10,13H,1-2,11-12H2,(H,24,26)(H,27,28). The van der Waals surface area contributed by atoms with Crippen LogP contribution in [0.1, 0.15) is 18.4 Å². The second-order valence-electron chi connectivity index (χ2n) is 6.71. The van der Waals surface area contributed by atoms with Gasteiger partial charge < -0.3 is 20.1 Å². The lowest BCUT2D eigenvalue weighted by Gasteiger charge is -2.29. The maximum absolute atomic E-state index is 12.6. The van der Waals surface area contributed by atoms with Crippen LogP contribution >= 0.6 is 0 Å². The number of benzene rings is 2. The second kappa shape index (κ2) is 8.42. The summed E-state index contributed by atoms with van der Waals surface area (Å²) < 4.78 is 43.3. The van der Waals surface area contributed by atoms with Crippen LogP contribution in [0.4, 0.5) is 23.7 Å². The van der Waals surface area contributed by atoms with Gasteiger partial charge in [0.05, 0.1) is 11.5 Å². The number of halogens is 3. The molecule has 6 nitrogen and oxygen atoms in total. The SMILES string of the molecule is O=C(Nc1ccc(Oc2ccc(C(F)(F)F)cc2)cc1)C1CCCN(C(=O)O)C1. The Labute approximate surface area is 164 Å². The normalized spacial score (nSPS) is 16.9. The van der Waals surface area contributed by atoms with Crippen molar-refractivity contribution in [2.24, 2.45) is 5.92 Å². The van der Waals surface area contributed by atoms with Crippen molar-refractivity contribution in [1.82, 2.24) is 4.90 Å². The number of hydrogen-bond acceptors (Lipinski definition) is 3. The fraction of sp³-hybridized carbons (Fsp3) is 0.300. The van der Waals surface area contributed by atoms with Crippen molar-refractivity contribution in [1.29, 1.82) is 0 Å². The lowest BCUT2D eigenvalue weighted by molar-refractivity contribution is -0.137. The summed E-state index contributed by atoms with van der Waals surface area (Å²) in [6.45, 7) is 0.589. The molecule has 1 aliphatic heterocycles. The molecule has 154 valence electrons. The van der Waals surface area contributed by atoms with Crippen molar-refractivity contribution in [2.45, 2.75) is 19.0 Å². The van der Waals surface area contributed by atoms with Crippen LogP contribution in [0.2, 0.25) is 0 Å². The molecule has 1 atom stereocenters. The van der Waals surface area contributed by atoms with Gasteiger partial charge in [-0.25, -0.2) is 4.79 Å². The third-order valence-electron chi connectivity index (χ3n) is 4.60. The summed E-state index contributed by atoms with van der Waals surface area (Å²) in [6.07, 6.45) is -4.19. The van der Waals surface area contributed by atoms with Crippen molar-refractivity contribution in [3.05, 3.63) is 54.1 Å². The monoisotopic (exact) mass is 408 g/mol. The average molecular weight is 408 g/mol. The van der Waals surface area contributed by atoms with E-state index >= 15 is 0 Å². The number of carbonyl (C=O) groups is 2. The highest BCUT2D eigenvalue weighted by Gasteiger charge is 2.30. The van der Waals surface area contributed by atoms with Crippen LogP contribution in [-0.2, 0) is 11.0 Å². The molecule has 1 aliphatic rings. The van der Waals surface area contributed by atoms with Crippen molar-refractivity contribution < 1.29 is 32.6 Å². The highest BCUT2D eigenvalue weighted by Crippen LogP contribution is 2.31. The Kier molecular flexibility index (Phi) is 5.95. The minimum atomic E-state index is -4.40. The number of nitrogens with zero attached hydrogens (tertiary/aromatic N) is 1. The minimum Gasteiger partial charge on any atom is -0.465 e. The molecule has 0 saturated carbocycles. The third kappa shape index (κ3) is 5.40.